The number of hydrogen-bond acceptors (Lipinski definition) is 3. The lowest BCUT2D eigenvalue weighted by Gasteiger charge is -2.32. The molecule has 2 rings (SSSR count). The summed E-state index contributed by atoms with van der Waals surface area (Å²) in [5, 5.41) is 17.4. The zero-order chi connectivity index (χ0) is 13.9. The number of nitrogens with zero attached hydrogens (tertiary/aromatic N) is 3. The van der Waals surface area contributed by atoms with E-state index in [4.69, 9.17) is 0 Å². The second kappa shape index (κ2) is 5.75. The van der Waals surface area contributed by atoms with Gasteiger partial charge < -0.3 is 0 Å². The van der Waals surface area contributed by atoms with Crippen LogP contribution in [0.4, 0.5) is 0 Å². The topological polar surface area (TPSA) is 53.6 Å². The van der Waals surface area contributed by atoms with Gasteiger partial charge in [0.15, 0.2) is 0 Å². The first-order chi connectivity index (χ1) is 9.05. The van der Waals surface area contributed by atoms with E-state index in [9.17, 15) is 5.26 Å². The minimum Gasteiger partial charge on any atom is -0.297 e. The van der Waals surface area contributed by atoms with Crippen molar-refractivity contribution in [1.29, 1.82) is 5.26 Å². The molecule has 1 aromatic rings. The number of nitrogens with one attached hydrogen (secondary N) is 1. The van der Waals surface area contributed by atoms with Gasteiger partial charge in [0, 0.05) is 18.8 Å². The minimum atomic E-state index is -0.323. The Morgan fingerprint density at radius 1 is 1.63 bits per heavy atom. The van der Waals surface area contributed by atoms with Gasteiger partial charge >= 0.3 is 0 Å². The van der Waals surface area contributed by atoms with Crippen molar-refractivity contribution in [3.63, 3.8) is 0 Å². The van der Waals surface area contributed by atoms with Gasteiger partial charge in [0.1, 0.15) is 5.54 Å². The van der Waals surface area contributed by atoms with Crippen LogP contribution in [0.5, 0.6) is 0 Å². The van der Waals surface area contributed by atoms with Crippen molar-refractivity contribution in [2.45, 2.75) is 64.6 Å². The van der Waals surface area contributed by atoms with Crippen LogP contribution in [-0.4, -0.2) is 21.4 Å². The Kier molecular flexibility index (Phi) is 4.26. The largest absolute Gasteiger partial charge is 0.297 e. The lowest BCUT2D eigenvalue weighted by molar-refractivity contribution is 0.269. The molecule has 0 saturated heterocycles. The van der Waals surface area contributed by atoms with Crippen molar-refractivity contribution >= 4 is 0 Å². The molecule has 1 aliphatic rings. The summed E-state index contributed by atoms with van der Waals surface area (Å²) < 4.78 is 1.99. The maximum absolute atomic E-state index is 9.60. The number of aryl methyl sites for hydroxylation is 2. The molecule has 104 valence electrons. The third-order valence-electron chi connectivity index (χ3n) is 4.04. The third kappa shape index (κ3) is 3.16. The monoisotopic (exact) mass is 260 g/mol. The molecule has 0 bridgehead atoms. The maximum Gasteiger partial charge on any atom is 0.109 e. The Bertz CT molecular complexity index is 457. The molecule has 4 heteroatoms. The lowest BCUT2D eigenvalue weighted by Crippen LogP contribution is -2.50. The highest BCUT2D eigenvalue weighted by molar-refractivity contribution is 5.14. The van der Waals surface area contributed by atoms with E-state index < -0.39 is 0 Å². The molecule has 2 atom stereocenters. The van der Waals surface area contributed by atoms with Gasteiger partial charge in [-0.15, -0.1) is 0 Å². The molecule has 1 aliphatic carbocycles. The van der Waals surface area contributed by atoms with Gasteiger partial charge in [0.05, 0.1) is 12.3 Å². The van der Waals surface area contributed by atoms with Gasteiger partial charge in [-0.2, -0.15) is 10.4 Å². The molecule has 2 unspecified atom stereocenters. The summed E-state index contributed by atoms with van der Waals surface area (Å²) in [6, 6.07) is 2.91. The third-order valence-corrected chi connectivity index (χ3v) is 4.04. The second-order valence-corrected chi connectivity index (χ2v) is 6.04. The van der Waals surface area contributed by atoms with E-state index in [0.717, 1.165) is 32.2 Å². The molecular weight excluding hydrogens is 236 g/mol. The standard InChI is InChI=1S/C15H24N4/c1-12(2)18-15(11-16)7-4-5-14(15)6-8-19-10-13(3)9-17-19/h9-10,12,14,18H,4-8H2,1-3H3. The molecule has 0 radical (unpaired) electrons. The van der Waals surface area contributed by atoms with Crippen molar-refractivity contribution in [3.05, 3.63) is 18.0 Å². The minimum absolute atomic E-state index is 0.323. The summed E-state index contributed by atoms with van der Waals surface area (Å²) in [4.78, 5) is 0. The van der Waals surface area contributed by atoms with Gasteiger partial charge in [-0.1, -0.05) is 6.42 Å². The van der Waals surface area contributed by atoms with E-state index in [1.165, 1.54) is 5.56 Å². The number of aromatic nitrogens is 2. The highest BCUT2D eigenvalue weighted by Gasteiger charge is 2.43. The van der Waals surface area contributed by atoms with Gasteiger partial charge in [0.25, 0.3) is 0 Å². The van der Waals surface area contributed by atoms with Gasteiger partial charge in [0.2, 0.25) is 0 Å². The first-order valence-corrected chi connectivity index (χ1v) is 7.24. The van der Waals surface area contributed by atoms with E-state index in [1.54, 1.807) is 0 Å². The van der Waals surface area contributed by atoms with Gasteiger partial charge in [-0.05, 0) is 51.5 Å². The van der Waals surface area contributed by atoms with Crippen LogP contribution in [0.2, 0.25) is 0 Å². The molecule has 0 aliphatic heterocycles. The zero-order valence-corrected chi connectivity index (χ0v) is 12.2. The summed E-state index contributed by atoms with van der Waals surface area (Å²) in [6.45, 7) is 7.19. The summed E-state index contributed by atoms with van der Waals surface area (Å²) >= 11 is 0. The Hall–Kier alpha value is -1.34. The van der Waals surface area contributed by atoms with Crippen LogP contribution in [0.25, 0.3) is 0 Å². The van der Waals surface area contributed by atoms with E-state index in [1.807, 2.05) is 10.9 Å². The fourth-order valence-electron chi connectivity index (χ4n) is 3.23. The van der Waals surface area contributed by atoms with E-state index in [-0.39, 0.29) is 5.54 Å². The normalized spacial score (nSPS) is 26.8. The smallest absolute Gasteiger partial charge is 0.109 e. The summed E-state index contributed by atoms with van der Waals surface area (Å²) in [7, 11) is 0. The second-order valence-electron chi connectivity index (χ2n) is 6.04. The van der Waals surface area contributed by atoms with Crippen LogP contribution in [0.1, 0.15) is 45.1 Å². The van der Waals surface area contributed by atoms with E-state index in [2.05, 4.69) is 43.5 Å². The van der Waals surface area contributed by atoms with E-state index in [0.29, 0.717) is 12.0 Å². The predicted molar refractivity (Wildman–Crippen MR) is 75.5 cm³/mol. The van der Waals surface area contributed by atoms with Crippen LogP contribution < -0.4 is 5.32 Å². The number of rotatable bonds is 5. The molecule has 0 aromatic carbocycles. The molecule has 4 nitrogen and oxygen atoms in total. The van der Waals surface area contributed by atoms with E-state index >= 15 is 0 Å². The summed E-state index contributed by atoms with van der Waals surface area (Å²) in [5.41, 5.74) is 0.870. The molecule has 1 fully saturated rings. The highest BCUT2D eigenvalue weighted by Crippen LogP contribution is 2.38. The summed E-state index contributed by atoms with van der Waals surface area (Å²) in [6.07, 6.45) is 8.25. The first-order valence-electron chi connectivity index (χ1n) is 7.24. The molecule has 0 amide bonds. The van der Waals surface area contributed by atoms with Crippen LogP contribution in [0.3, 0.4) is 0 Å². The van der Waals surface area contributed by atoms with Crippen molar-refractivity contribution in [2.24, 2.45) is 5.92 Å². The average Bonchev–Trinajstić information content (AvgIpc) is 2.93. The van der Waals surface area contributed by atoms with Crippen LogP contribution in [-0.2, 0) is 6.54 Å². The van der Waals surface area contributed by atoms with Gasteiger partial charge in [-0.3, -0.25) is 10.00 Å². The quantitative estimate of drug-likeness (QED) is 0.885. The van der Waals surface area contributed by atoms with Crippen LogP contribution in [0, 0.1) is 24.2 Å². The Balaban J connectivity index is 2.00. The fourth-order valence-corrected chi connectivity index (χ4v) is 3.23. The Labute approximate surface area is 115 Å². The molecule has 1 N–H and O–H groups in total. The first kappa shape index (κ1) is 14.1. The average molecular weight is 260 g/mol. The van der Waals surface area contributed by atoms with Crippen molar-refractivity contribution in [3.8, 4) is 6.07 Å². The Morgan fingerprint density at radius 2 is 2.42 bits per heavy atom. The van der Waals surface area contributed by atoms with Crippen molar-refractivity contribution in [1.82, 2.24) is 15.1 Å². The molecule has 1 aromatic heterocycles. The molecule has 19 heavy (non-hydrogen) atoms. The van der Waals surface area contributed by atoms with Crippen molar-refractivity contribution in [2.75, 3.05) is 0 Å². The summed E-state index contributed by atoms with van der Waals surface area (Å²) in [5.74, 6) is 0.435. The van der Waals surface area contributed by atoms with Crippen LogP contribution in [0.15, 0.2) is 12.4 Å². The molecular formula is C15H24N4. The SMILES string of the molecule is Cc1cnn(CCC2CCCC2(C#N)NC(C)C)c1. The lowest BCUT2D eigenvalue weighted by atomic mass is 9.85. The Morgan fingerprint density at radius 3 is 3.00 bits per heavy atom. The fraction of sp³-hybridized carbons (Fsp3) is 0.733. The molecule has 0 spiro atoms. The van der Waals surface area contributed by atoms with Gasteiger partial charge in [-0.25, -0.2) is 0 Å². The predicted octanol–water partition coefficient (Wildman–Crippen LogP) is 2.64. The maximum atomic E-state index is 9.60. The molecule has 1 saturated carbocycles. The highest BCUT2D eigenvalue weighted by atomic mass is 15.3. The van der Waals surface area contributed by atoms with Crippen molar-refractivity contribution < 1.29 is 0 Å². The molecule has 1 heterocycles. The number of nitriles is 1. The number of hydrogen-bond donors (Lipinski definition) is 1. The van der Waals surface area contributed by atoms with Crippen LogP contribution >= 0.6 is 0 Å². The zero-order valence-electron chi connectivity index (χ0n) is 12.2.